The smallest absolute Gasteiger partial charge is 0.341 e. The number of halogens is 2. The Morgan fingerprint density at radius 1 is 1.26 bits per heavy atom. The number of non-ortho nitro benzene ring substituents is 1. The molecule has 0 bridgehead atoms. The molecule has 2 aliphatic heterocycles. The maximum atomic E-state index is 13.9. The molecular formula is C27H29F2N5O5. The largest absolute Gasteiger partial charge is 0.379 e. The van der Waals surface area contributed by atoms with E-state index in [4.69, 9.17) is 4.74 Å². The number of ether oxygens (including phenoxy) is 1. The zero-order chi connectivity index (χ0) is 27.9. The van der Waals surface area contributed by atoms with Crippen molar-refractivity contribution in [1.82, 2.24) is 15.5 Å². The van der Waals surface area contributed by atoms with Crippen molar-refractivity contribution in [2.24, 2.45) is 10.9 Å². The first kappa shape index (κ1) is 28.0. The molecule has 0 fully saturated rings. The van der Waals surface area contributed by atoms with Gasteiger partial charge in [-0.3, -0.25) is 19.8 Å². The van der Waals surface area contributed by atoms with Crippen LogP contribution >= 0.6 is 0 Å². The summed E-state index contributed by atoms with van der Waals surface area (Å²) >= 11 is 0. The number of nitrogens with one attached hydrogen (secondary N) is 2. The van der Waals surface area contributed by atoms with Gasteiger partial charge in [-0.05, 0) is 41.7 Å². The molecule has 2 atom stereocenters. The Balaban J connectivity index is 1.34. The van der Waals surface area contributed by atoms with Crippen LogP contribution in [0.15, 0.2) is 53.5 Å². The highest BCUT2D eigenvalue weighted by atomic mass is 19.2. The van der Waals surface area contributed by atoms with Gasteiger partial charge in [0.15, 0.2) is 11.6 Å². The van der Waals surface area contributed by atoms with Gasteiger partial charge in [0.25, 0.3) is 5.69 Å². The predicted octanol–water partition coefficient (Wildman–Crippen LogP) is 3.64. The summed E-state index contributed by atoms with van der Waals surface area (Å²) in [6, 6.07) is 8.21. The number of urea groups is 1. The summed E-state index contributed by atoms with van der Waals surface area (Å²) in [6.45, 7) is 2.46. The molecule has 4 rings (SSSR count). The molecule has 2 unspecified atom stereocenters. The van der Waals surface area contributed by atoms with E-state index in [0.717, 1.165) is 36.2 Å². The van der Waals surface area contributed by atoms with Crippen molar-refractivity contribution >= 4 is 28.9 Å². The number of methoxy groups -OCH3 is 1. The lowest BCUT2D eigenvalue weighted by molar-refractivity contribution is -0.384. The summed E-state index contributed by atoms with van der Waals surface area (Å²) in [5, 5.41) is 16.5. The number of carbonyl (C=O) groups is 2. The Bertz CT molecular complexity index is 1320. The number of rotatable bonds is 10. The number of nitro groups is 1. The summed E-state index contributed by atoms with van der Waals surface area (Å²) in [5.74, 6) is -3.48. The zero-order valence-electron chi connectivity index (χ0n) is 21.4. The number of benzene rings is 2. The molecule has 2 N–H and O–H groups in total. The van der Waals surface area contributed by atoms with E-state index in [9.17, 15) is 28.5 Å². The zero-order valence-corrected chi connectivity index (χ0v) is 21.4. The number of hydrogen-bond acceptors (Lipinski definition) is 6. The highest BCUT2D eigenvalue weighted by Crippen LogP contribution is 2.29. The van der Waals surface area contributed by atoms with E-state index < -0.39 is 40.5 Å². The minimum Gasteiger partial charge on any atom is -0.379 e. The number of carbonyl (C=O) groups excluding carboxylic acids is 2. The van der Waals surface area contributed by atoms with Gasteiger partial charge in [0.05, 0.1) is 23.3 Å². The molecule has 0 saturated heterocycles. The van der Waals surface area contributed by atoms with Crippen molar-refractivity contribution in [1.29, 1.82) is 0 Å². The van der Waals surface area contributed by atoms with E-state index in [1.54, 1.807) is 12.1 Å². The molecule has 2 heterocycles. The number of aliphatic imine (C=N–C) groups is 1. The summed E-state index contributed by atoms with van der Waals surface area (Å²) in [7, 11) is 1.41. The van der Waals surface area contributed by atoms with Crippen molar-refractivity contribution in [2.45, 2.75) is 18.9 Å². The monoisotopic (exact) mass is 541 g/mol. The first-order valence-corrected chi connectivity index (χ1v) is 12.5. The minimum absolute atomic E-state index is 0.0645. The Labute approximate surface area is 223 Å². The first-order chi connectivity index (χ1) is 18.8. The summed E-state index contributed by atoms with van der Waals surface area (Å²) in [4.78, 5) is 42.1. The van der Waals surface area contributed by atoms with E-state index in [1.165, 1.54) is 19.2 Å². The lowest BCUT2D eigenvalue weighted by atomic mass is 9.87. The van der Waals surface area contributed by atoms with E-state index in [0.29, 0.717) is 26.1 Å². The SMILES string of the molecule is COCC1=NC(=O)NC(c2ccc(F)c(F)c2)C1C(=O)NCCCN1CC=C(c2cccc([N+](=O)[O-])c2)CC1. The van der Waals surface area contributed by atoms with Gasteiger partial charge in [0, 0.05) is 45.4 Å². The number of nitrogens with zero attached hydrogens (tertiary/aromatic N) is 3. The summed E-state index contributed by atoms with van der Waals surface area (Å²) < 4.78 is 32.5. The van der Waals surface area contributed by atoms with Crippen LogP contribution in [0, 0.1) is 27.7 Å². The molecule has 39 heavy (non-hydrogen) atoms. The first-order valence-electron chi connectivity index (χ1n) is 12.5. The average molecular weight is 542 g/mol. The van der Waals surface area contributed by atoms with E-state index in [2.05, 4.69) is 26.6 Å². The third-order valence-corrected chi connectivity index (χ3v) is 6.77. The fraction of sp³-hybridized carbons (Fsp3) is 0.370. The maximum Gasteiger partial charge on any atom is 0.341 e. The van der Waals surface area contributed by atoms with Crippen LogP contribution in [0.4, 0.5) is 19.3 Å². The lowest BCUT2D eigenvalue weighted by Gasteiger charge is -2.31. The topological polar surface area (TPSA) is 126 Å². The highest BCUT2D eigenvalue weighted by Gasteiger charge is 2.38. The second kappa shape index (κ2) is 12.7. The quantitative estimate of drug-likeness (QED) is 0.269. The Morgan fingerprint density at radius 2 is 2.08 bits per heavy atom. The minimum atomic E-state index is -1.08. The average Bonchev–Trinajstić information content (AvgIpc) is 2.93. The van der Waals surface area contributed by atoms with Gasteiger partial charge in [-0.25, -0.2) is 13.6 Å². The van der Waals surface area contributed by atoms with Gasteiger partial charge < -0.3 is 15.4 Å². The van der Waals surface area contributed by atoms with Crippen LogP contribution in [0.1, 0.15) is 30.0 Å². The van der Waals surface area contributed by atoms with E-state index in [1.807, 2.05) is 6.07 Å². The molecule has 10 nitrogen and oxygen atoms in total. The predicted molar refractivity (Wildman–Crippen MR) is 140 cm³/mol. The normalized spacial score (nSPS) is 19.6. The molecule has 0 spiro atoms. The fourth-order valence-electron chi connectivity index (χ4n) is 4.82. The molecule has 0 aromatic heterocycles. The maximum absolute atomic E-state index is 13.9. The third kappa shape index (κ3) is 6.89. The molecule has 2 aliphatic rings. The molecule has 12 heteroatoms. The van der Waals surface area contributed by atoms with Crippen molar-refractivity contribution in [3.8, 4) is 0 Å². The van der Waals surface area contributed by atoms with Gasteiger partial charge >= 0.3 is 6.03 Å². The molecule has 0 radical (unpaired) electrons. The molecule has 3 amide bonds. The lowest BCUT2D eigenvalue weighted by Crippen LogP contribution is -2.49. The molecule has 0 saturated carbocycles. The van der Waals surface area contributed by atoms with Crippen LogP contribution in [0.25, 0.3) is 5.57 Å². The molecular weight excluding hydrogens is 512 g/mol. The van der Waals surface area contributed by atoms with Crippen molar-refractivity contribution in [3.05, 3.63) is 81.4 Å². The van der Waals surface area contributed by atoms with Gasteiger partial charge in [0.1, 0.15) is 5.92 Å². The molecule has 2 aromatic rings. The van der Waals surface area contributed by atoms with Crippen LogP contribution in [0.2, 0.25) is 0 Å². The molecule has 206 valence electrons. The van der Waals surface area contributed by atoms with Gasteiger partial charge in [-0.2, -0.15) is 4.99 Å². The number of nitro benzene ring substituents is 1. The van der Waals surface area contributed by atoms with Gasteiger partial charge in [-0.1, -0.05) is 24.3 Å². The highest BCUT2D eigenvalue weighted by molar-refractivity contribution is 6.11. The van der Waals surface area contributed by atoms with Crippen LogP contribution in [0.5, 0.6) is 0 Å². The Hall–Kier alpha value is -4.03. The standard InChI is InChI=1S/C27H29F2N5O5/c1-39-16-23-24(25(32-27(36)31-23)19-6-7-21(28)22(29)15-19)26(35)30-10-3-11-33-12-8-17(9-13-33)18-4-2-5-20(14-18)34(37)38/h2,4-8,14-15,24-25H,3,9-13,16H2,1H3,(H,30,35)(H,32,36). The number of amides is 3. The van der Waals surface area contributed by atoms with E-state index in [-0.39, 0.29) is 23.6 Å². The van der Waals surface area contributed by atoms with Crippen LogP contribution in [0.3, 0.4) is 0 Å². The van der Waals surface area contributed by atoms with Crippen LogP contribution in [-0.2, 0) is 9.53 Å². The fourth-order valence-corrected chi connectivity index (χ4v) is 4.82. The van der Waals surface area contributed by atoms with Crippen molar-refractivity contribution in [3.63, 3.8) is 0 Å². The number of hydrogen-bond donors (Lipinski definition) is 2. The Morgan fingerprint density at radius 3 is 2.77 bits per heavy atom. The van der Waals surface area contributed by atoms with Gasteiger partial charge in [0.2, 0.25) is 5.91 Å². The molecule has 0 aliphatic carbocycles. The van der Waals surface area contributed by atoms with Crippen LogP contribution < -0.4 is 10.6 Å². The molecule has 2 aromatic carbocycles. The van der Waals surface area contributed by atoms with Crippen molar-refractivity contribution < 1.29 is 28.0 Å². The summed E-state index contributed by atoms with van der Waals surface area (Å²) in [5.41, 5.74) is 2.42. The third-order valence-electron chi connectivity index (χ3n) is 6.77. The van der Waals surface area contributed by atoms with Gasteiger partial charge in [-0.15, -0.1) is 0 Å². The second-order valence-electron chi connectivity index (χ2n) is 9.35. The Kier molecular flexibility index (Phi) is 9.10. The van der Waals surface area contributed by atoms with Crippen LogP contribution in [-0.4, -0.2) is 67.4 Å². The second-order valence-corrected chi connectivity index (χ2v) is 9.35. The van der Waals surface area contributed by atoms with Crippen molar-refractivity contribution in [2.75, 3.05) is 39.9 Å². The summed E-state index contributed by atoms with van der Waals surface area (Å²) in [6.07, 6.45) is 3.46. The van der Waals surface area contributed by atoms with E-state index >= 15 is 0 Å².